The fourth-order valence-electron chi connectivity index (χ4n) is 5.79. The monoisotopic (exact) mass is 491 g/mol. The number of aromatic carboxylic acids is 1. The zero-order chi connectivity index (χ0) is 24.6. The molecule has 0 bridgehead atoms. The molecule has 9 nitrogen and oxygen atoms in total. The van der Waals surface area contributed by atoms with Crippen molar-refractivity contribution >= 4 is 22.7 Å². The molecule has 1 saturated carbocycles. The number of carboxylic acid groups (broad SMARTS) is 1. The minimum atomic E-state index is -1.02. The van der Waals surface area contributed by atoms with Crippen LogP contribution in [0.3, 0.4) is 0 Å². The number of carbonyl (C=O) groups is 1. The van der Waals surface area contributed by atoms with Gasteiger partial charge in [-0.05, 0) is 43.9 Å². The summed E-state index contributed by atoms with van der Waals surface area (Å²) in [5.74, 6) is 0.0764. The number of carboxylic acids is 1. The van der Waals surface area contributed by atoms with E-state index in [-0.39, 0.29) is 5.69 Å². The highest BCUT2D eigenvalue weighted by molar-refractivity contribution is 5.98. The molecule has 2 saturated heterocycles. The van der Waals surface area contributed by atoms with E-state index in [1.807, 2.05) is 28.9 Å². The SMILES string of the molecule is COc1cccc(-n2nc(C3CCC3)c3c(N4CCC(N5CCOCC5)CC4)cc(C(=O)O)nc32)c1. The fourth-order valence-corrected chi connectivity index (χ4v) is 5.79. The highest BCUT2D eigenvalue weighted by atomic mass is 16.5. The molecule has 3 aliphatic rings. The Kier molecular flexibility index (Phi) is 6.27. The van der Waals surface area contributed by atoms with Crippen LogP contribution >= 0.6 is 0 Å². The summed E-state index contributed by atoms with van der Waals surface area (Å²) in [6.45, 7) is 5.37. The quantitative estimate of drug-likeness (QED) is 0.558. The van der Waals surface area contributed by atoms with Crippen molar-refractivity contribution in [1.82, 2.24) is 19.7 Å². The van der Waals surface area contributed by atoms with Crippen molar-refractivity contribution in [2.45, 2.75) is 44.1 Å². The van der Waals surface area contributed by atoms with E-state index >= 15 is 0 Å². The Morgan fingerprint density at radius 1 is 1.08 bits per heavy atom. The number of anilines is 1. The van der Waals surface area contributed by atoms with Crippen molar-refractivity contribution in [3.63, 3.8) is 0 Å². The van der Waals surface area contributed by atoms with E-state index in [1.165, 1.54) is 6.42 Å². The zero-order valence-corrected chi connectivity index (χ0v) is 20.7. The van der Waals surface area contributed by atoms with Crippen LogP contribution in [0, 0.1) is 0 Å². The van der Waals surface area contributed by atoms with Crippen LogP contribution in [0.25, 0.3) is 16.7 Å². The van der Waals surface area contributed by atoms with Gasteiger partial charge in [0.2, 0.25) is 0 Å². The van der Waals surface area contributed by atoms with E-state index in [0.717, 1.165) is 93.3 Å². The highest BCUT2D eigenvalue weighted by Crippen LogP contribution is 2.43. The second kappa shape index (κ2) is 9.71. The number of fused-ring (bicyclic) bond motifs is 1. The number of piperidine rings is 1. The first-order valence-corrected chi connectivity index (χ1v) is 13.0. The molecule has 36 heavy (non-hydrogen) atoms. The van der Waals surface area contributed by atoms with Crippen molar-refractivity contribution in [1.29, 1.82) is 0 Å². The second-order valence-corrected chi connectivity index (χ2v) is 10.0. The minimum Gasteiger partial charge on any atom is -0.497 e. The molecular weight excluding hydrogens is 458 g/mol. The number of benzene rings is 1. The molecule has 1 N–H and O–H groups in total. The number of methoxy groups -OCH3 is 1. The number of rotatable bonds is 6. The van der Waals surface area contributed by atoms with Crippen LogP contribution in [0.15, 0.2) is 30.3 Å². The third kappa shape index (κ3) is 4.20. The van der Waals surface area contributed by atoms with Gasteiger partial charge in [0.05, 0.1) is 42.8 Å². The molecule has 0 spiro atoms. The number of nitrogens with zero attached hydrogens (tertiary/aromatic N) is 5. The molecule has 3 fully saturated rings. The van der Waals surface area contributed by atoms with Gasteiger partial charge >= 0.3 is 5.97 Å². The van der Waals surface area contributed by atoms with Gasteiger partial charge in [-0.25, -0.2) is 14.5 Å². The predicted molar refractivity (Wildman–Crippen MR) is 137 cm³/mol. The van der Waals surface area contributed by atoms with Crippen molar-refractivity contribution < 1.29 is 19.4 Å². The lowest BCUT2D eigenvalue weighted by molar-refractivity contribution is 0.0115. The van der Waals surface area contributed by atoms with Crippen LogP contribution in [-0.4, -0.2) is 83.3 Å². The maximum Gasteiger partial charge on any atom is 0.354 e. The lowest BCUT2D eigenvalue weighted by Gasteiger charge is -2.41. The summed E-state index contributed by atoms with van der Waals surface area (Å²) in [5.41, 5.74) is 3.46. The summed E-state index contributed by atoms with van der Waals surface area (Å²) in [6, 6.07) is 10.00. The Morgan fingerprint density at radius 2 is 1.86 bits per heavy atom. The first-order chi connectivity index (χ1) is 17.6. The number of hydrogen-bond acceptors (Lipinski definition) is 7. The zero-order valence-electron chi connectivity index (χ0n) is 20.7. The summed E-state index contributed by atoms with van der Waals surface area (Å²) >= 11 is 0. The Labute approximate surface area is 210 Å². The van der Waals surface area contributed by atoms with Gasteiger partial charge in [-0.3, -0.25) is 4.90 Å². The van der Waals surface area contributed by atoms with E-state index in [9.17, 15) is 9.90 Å². The molecule has 190 valence electrons. The number of morpholine rings is 1. The normalized spacial score (nSPS) is 20.0. The molecule has 3 aromatic rings. The summed E-state index contributed by atoms with van der Waals surface area (Å²) in [5, 5.41) is 16.0. The van der Waals surface area contributed by atoms with Gasteiger partial charge in [0.1, 0.15) is 5.75 Å². The lowest BCUT2D eigenvalue weighted by Crippen LogP contribution is -2.49. The molecule has 0 radical (unpaired) electrons. The Balaban J connectivity index is 1.43. The van der Waals surface area contributed by atoms with Crippen molar-refractivity contribution in [3.8, 4) is 11.4 Å². The first kappa shape index (κ1) is 23.2. The number of hydrogen-bond donors (Lipinski definition) is 1. The summed E-state index contributed by atoms with van der Waals surface area (Å²) in [6.07, 6.45) is 5.50. The Bertz CT molecular complexity index is 1260. The Morgan fingerprint density at radius 3 is 2.53 bits per heavy atom. The Hall–Kier alpha value is -3.17. The van der Waals surface area contributed by atoms with Crippen LogP contribution in [-0.2, 0) is 4.74 Å². The van der Waals surface area contributed by atoms with Crippen LogP contribution < -0.4 is 9.64 Å². The summed E-state index contributed by atoms with van der Waals surface area (Å²) < 4.78 is 12.8. The second-order valence-electron chi connectivity index (χ2n) is 10.0. The van der Waals surface area contributed by atoms with Gasteiger partial charge in [-0.2, -0.15) is 5.10 Å². The average Bonchev–Trinajstić information content (AvgIpc) is 3.27. The van der Waals surface area contributed by atoms with Gasteiger partial charge in [0.25, 0.3) is 0 Å². The summed E-state index contributed by atoms with van der Waals surface area (Å²) in [4.78, 5) is 21.7. The molecule has 9 heteroatoms. The van der Waals surface area contributed by atoms with Crippen LogP contribution in [0.1, 0.15) is 54.2 Å². The van der Waals surface area contributed by atoms with Gasteiger partial charge in [-0.15, -0.1) is 0 Å². The van der Waals surface area contributed by atoms with Gasteiger partial charge in [0, 0.05) is 44.2 Å². The van der Waals surface area contributed by atoms with Gasteiger partial charge in [-0.1, -0.05) is 12.5 Å². The van der Waals surface area contributed by atoms with Gasteiger partial charge < -0.3 is 19.5 Å². The molecule has 1 aromatic carbocycles. The third-order valence-corrected chi connectivity index (χ3v) is 8.02. The largest absolute Gasteiger partial charge is 0.497 e. The van der Waals surface area contributed by atoms with E-state index < -0.39 is 5.97 Å². The van der Waals surface area contributed by atoms with E-state index in [4.69, 9.17) is 14.6 Å². The minimum absolute atomic E-state index is 0.0528. The number of ether oxygens (including phenoxy) is 2. The molecule has 2 aliphatic heterocycles. The lowest BCUT2D eigenvalue weighted by atomic mass is 9.82. The van der Waals surface area contributed by atoms with Crippen LogP contribution in [0.2, 0.25) is 0 Å². The van der Waals surface area contributed by atoms with Gasteiger partial charge in [0.15, 0.2) is 11.3 Å². The molecule has 2 aromatic heterocycles. The number of pyridine rings is 1. The first-order valence-electron chi connectivity index (χ1n) is 13.0. The van der Waals surface area contributed by atoms with Crippen LogP contribution in [0.5, 0.6) is 5.75 Å². The summed E-state index contributed by atoms with van der Waals surface area (Å²) in [7, 11) is 1.64. The van der Waals surface area contributed by atoms with Crippen molar-refractivity contribution in [2.75, 3.05) is 51.4 Å². The average molecular weight is 492 g/mol. The van der Waals surface area contributed by atoms with Crippen LogP contribution in [0.4, 0.5) is 5.69 Å². The molecule has 6 rings (SSSR count). The maximum absolute atomic E-state index is 12.1. The number of aromatic nitrogens is 3. The van der Waals surface area contributed by atoms with Crippen molar-refractivity contribution in [2.24, 2.45) is 0 Å². The van der Waals surface area contributed by atoms with E-state index in [1.54, 1.807) is 13.2 Å². The molecule has 4 heterocycles. The molecule has 0 unspecified atom stereocenters. The molecule has 0 amide bonds. The molecular formula is C27H33N5O4. The fraction of sp³-hybridized carbons (Fsp3) is 0.519. The van der Waals surface area contributed by atoms with E-state index in [0.29, 0.717) is 17.6 Å². The molecule has 0 atom stereocenters. The van der Waals surface area contributed by atoms with Crippen molar-refractivity contribution in [3.05, 3.63) is 41.7 Å². The topological polar surface area (TPSA) is 93.0 Å². The third-order valence-electron chi connectivity index (χ3n) is 8.02. The maximum atomic E-state index is 12.1. The molecule has 1 aliphatic carbocycles. The highest BCUT2D eigenvalue weighted by Gasteiger charge is 2.32. The predicted octanol–water partition coefficient (Wildman–Crippen LogP) is 3.70. The standard InChI is InChI=1S/C27H33N5O4/c1-35-21-7-3-6-20(16-21)32-26-24(25(29-32)18-4-2-5-18)23(17-22(28-26)27(33)34)31-10-8-19(9-11-31)30-12-14-36-15-13-30/h3,6-7,16-19H,2,4-5,8-15H2,1H3,(H,33,34). The smallest absolute Gasteiger partial charge is 0.354 e. The van der Waals surface area contributed by atoms with E-state index in [2.05, 4.69) is 14.8 Å².